The minimum Gasteiger partial charge on any atom is -0.476 e. The first kappa shape index (κ1) is 14.4. The fourth-order valence-electron chi connectivity index (χ4n) is 1.63. The van der Waals surface area contributed by atoms with E-state index in [1.54, 1.807) is 12.1 Å². The van der Waals surface area contributed by atoms with Crippen LogP contribution in [0.1, 0.15) is 21.7 Å². The predicted octanol–water partition coefficient (Wildman–Crippen LogP) is 3.30. The lowest BCUT2D eigenvalue weighted by Gasteiger charge is -2.10. The third-order valence-electron chi connectivity index (χ3n) is 2.54. The summed E-state index contributed by atoms with van der Waals surface area (Å²) in [5.41, 5.74) is -1.23. The van der Waals surface area contributed by atoms with E-state index < -0.39 is 23.5 Å². The van der Waals surface area contributed by atoms with Gasteiger partial charge in [-0.2, -0.15) is 18.3 Å². The van der Waals surface area contributed by atoms with Crippen LogP contribution in [0.5, 0.6) is 0 Å². The Labute approximate surface area is 116 Å². The molecular weight excluding hydrogens is 297 g/mol. The minimum absolute atomic E-state index is 0.195. The van der Waals surface area contributed by atoms with E-state index in [2.05, 4.69) is 5.10 Å². The molecule has 0 aliphatic carbocycles. The summed E-state index contributed by atoms with van der Waals surface area (Å²) in [6, 6.07) is 6.67. The van der Waals surface area contributed by atoms with Gasteiger partial charge in [0.1, 0.15) is 5.69 Å². The SMILES string of the molecule is O=C(O)c1cc(C(F)(F)F)n(Cc2ccc(Cl)cc2)n1. The van der Waals surface area contributed by atoms with Gasteiger partial charge in [-0.3, -0.25) is 4.68 Å². The van der Waals surface area contributed by atoms with Crippen molar-refractivity contribution in [1.29, 1.82) is 0 Å². The molecule has 0 aliphatic heterocycles. The van der Waals surface area contributed by atoms with Crippen molar-refractivity contribution < 1.29 is 23.1 Å². The summed E-state index contributed by atoms with van der Waals surface area (Å²) in [6.07, 6.45) is -4.67. The van der Waals surface area contributed by atoms with Crippen LogP contribution in [-0.4, -0.2) is 20.9 Å². The number of rotatable bonds is 3. The fraction of sp³-hybridized carbons (Fsp3) is 0.167. The number of nitrogens with zero attached hydrogens (tertiary/aromatic N) is 2. The molecule has 0 radical (unpaired) electrons. The lowest BCUT2D eigenvalue weighted by Crippen LogP contribution is -2.15. The minimum atomic E-state index is -4.67. The van der Waals surface area contributed by atoms with Crippen LogP contribution in [-0.2, 0) is 12.7 Å². The number of carboxylic acid groups (broad SMARTS) is 1. The Morgan fingerprint density at radius 3 is 2.40 bits per heavy atom. The highest BCUT2D eigenvalue weighted by molar-refractivity contribution is 6.30. The number of aromatic nitrogens is 2. The number of carbonyl (C=O) groups is 1. The van der Waals surface area contributed by atoms with E-state index in [1.165, 1.54) is 12.1 Å². The second-order valence-corrected chi connectivity index (χ2v) is 4.44. The van der Waals surface area contributed by atoms with E-state index in [-0.39, 0.29) is 6.54 Å². The second kappa shape index (κ2) is 5.16. The maximum absolute atomic E-state index is 12.8. The molecule has 2 rings (SSSR count). The van der Waals surface area contributed by atoms with E-state index >= 15 is 0 Å². The van der Waals surface area contributed by atoms with Crippen LogP contribution in [0.3, 0.4) is 0 Å². The lowest BCUT2D eigenvalue weighted by atomic mass is 10.2. The highest BCUT2D eigenvalue weighted by Gasteiger charge is 2.36. The zero-order valence-corrected chi connectivity index (χ0v) is 10.6. The van der Waals surface area contributed by atoms with Crippen LogP contribution in [0.4, 0.5) is 13.2 Å². The summed E-state index contributed by atoms with van der Waals surface area (Å²) in [4.78, 5) is 10.7. The van der Waals surface area contributed by atoms with Crippen LogP contribution < -0.4 is 0 Å². The molecule has 8 heteroatoms. The summed E-state index contributed by atoms with van der Waals surface area (Å²) in [7, 11) is 0. The van der Waals surface area contributed by atoms with Crippen LogP contribution in [0.2, 0.25) is 5.02 Å². The van der Waals surface area contributed by atoms with Gasteiger partial charge in [-0.15, -0.1) is 0 Å². The quantitative estimate of drug-likeness (QED) is 0.946. The average Bonchev–Trinajstić information content (AvgIpc) is 2.76. The first-order valence-electron chi connectivity index (χ1n) is 5.40. The summed E-state index contributed by atoms with van der Waals surface area (Å²) < 4.78 is 39.1. The number of aromatic carboxylic acids is 1. The lowest BCUT2D eigenvalue weighted by molar-refractivity contribution is -0.144. The Morgan fingerprint density at radius 2 is 1.90 bits per heavy atom. The monoisotopic (exact) mass is 304 g/mol. The van der Waals surface area contributed by atoms with Gasteiger partial charge in [0.2, 0.25) is 0 Å². The molecule has 0 bridgehead atoms. The molecule has 1 aromatic carbocycles. The first-order valence-corrected chi connectivity index (χ1v) is 5.78. The first-order chi connectivity index (χ1) is 9.27. The molecule has 0 unspecified atom stereocenters. The highest BCUT2D eigenvalue weighted by atomic mass is 35.5. The van der Waals surface area contributed by atoms with Crippen LogP contribution >= 0.6 is 11.6 Å². The normalized spacial score (nSPS) is 11.6. The van der Waals surface area contributed by atoms with Gasteiger partial charge in [0.15, 0.2) is 5.69 Å². The molecule has 1 N–H and O–H groups in total. The van der Waals surface area contributed by atoms with Crippen molar-refractivity contribution >= 4 is 17.6 Å². The maximum Gasteiger partial charge on any atom is 0.433 e. The Bertz CT molecular complexity index is 635. The van der Waals surface area contributed by atoms with Crippen molar-refractivity contribution in [1.82, 2.24) is 9.78 Å². The standard InChI is InChI=1S/C12H8ClF3N2O2/c13-8-3-1-7(2-4-8)6-18-10(12(14,15)16)5-9(17-18)11(19)20/h1-5H,6H2,(H,19,20). The van der Waals surface area contributed by atoms with Crippen molar-refractivity contribution in [3.05, 3.63) is 52.3 Å². The van der Waals surface area contributed by atoms with Gasteiger partial charge in [-0.05, 0) is 17.7 Å². The molecule has 4 nitrogen and oxygen atoms in total. The fourth-order valence-corrected chi connectivity index (χ4v) is 1.76. The van der Waals surface area contributed by atoms with E-state index in [4.69, 9.17) is 16.7 Å². The largest absolute Gasteiger partial charge is 0.476 e. The molecular formula is C12H8ClF3N2O2. The predicted molar refractivity (Wildman–Crippen MR) is 64.7 cm³/mol. The second-order valence-electron chi connectivity index (χ2n) is 4.00. The van der Waals surface area contributed by atoms with E-state index in [1.807, 2.05) is 0 Å². The zero-order valence-electron chi connectivity index (χ0n) is 9.86. The molecule has 1 aromatic heterocycles. The van der Waals surface area contributed by atoms with Gasteiger partial charge in [0, 0.05) is 11.1 Å². The Morgan fingerprint density at radius 1 is 1.30 bits per heavy atom. The van der Waals surface area contributed by atoms with Gasteiger partial charge in [-0.1, -0.05) is 23.7 Å². The topological polar surface area (TPSA) is 55.1 Å². The molecule has 0 aliphatic rings. The maximum atomic E-state index is 12.8. The molecule has 106 valence electrons. The molecule has 0 atom stereocenters. The number of carboxylic acids is 1. The highest BCUT2D eigenvalue weighted by Crippen LogP contribution is 2.30. The van der Waals surface area contributed by atoms with E-state index in [9.17, 15) is 18.0 Å². The van der Waals surface area contributed by atoms with Gasteiger partial charge in [0.05, 0.1) is 6.54 Å². The molecule has 2 aromatic rings. The molecule has 0 saturated carbocycles. The molecule has 0 fully saturated rings. The number of alkyl halides is 3. The number of hydrogen-bond donors (Lipinski definition) is 1. The van der Waals surface area contributed by atoms with Crippen molar-refractivity contribution in [2.24, 2.45) is 0 Å². The number of benzene rings is 1. The summed E-state index contributed by atoms with van der Waals surface area (Å²) in [6.45, 7) is -0.195. The Kier molecular flexibility index (Phi) is 3.71. The summed E-state index contributed by atoms with van der Waals surface area (Å²) in [5.74, 6) is -1.51. The molecule has 20 heavy (non-hydrogen) atoms. The van der Waals surface area contributed by atoms with E-state index in [0.717, 1.165) is 0 Å². The van der Waals surface area contributed by atoms with Gasteiger partial charge < -0.3 is 5.11 Å². The van der Waals surface area contributed by atoms with Crippen molar-refractivity contribution in [3.8, 4) is 0 Å². The Balaban J connectivity index is 2.39. The number of hydrogen-bond acceptors (Lipinski definition) is 2. The van der Waals surface area contributed by atoms with Gasteiger partial charge >= 0.3 is 12.1 Å². The van der Waals surface area contributed by atoms with Gasteiger partial charge in [0.25, 0.3) is 0 Å². The zero-order chi connectivity index (χ0) is 14.9. The summed E-state index contributed by atoms with van der Waals surface area (Å²) in [5, 5.41) is 12.6. The molecule has 0 amide bonds. The van der Waals surface area contributed by atoms with Crippen LogP contribution in [0.15, 0.2) is 30.3 Å². The molecule has 0 saturated heterocycles. The third-order valence-corrected chi connectivity index (χ3v) is 2.79. The van der Waals surface area contributed by atoms with Gasteiger partial charge in [-0.25, -0.2) is 4.79 Å². The van der Waals surface area contributed by atoms with Crippen LogP contribution in [0, 0.1) is 0 Å². The molecule has 1 heterocycles. The number of halogens is 4. The summed E-state index contributed by atoms with van der Waals surface area (Å²) >= 11 is 5.68. The molecule has 0 spiro atoms. The van der Waals surface area contributed by atoms with Crippen molar-refractivity contribution in [2.75, 3.05) is 0 Å². The van der Waals surface area contributed by atoms with Crippen molar-refractivity contribution in [2.45, 2.75) is 12.7 Å². The average molecular weight is 305 g/mol. The Hall–Kier alpha value is -2.02. The van der Waals surface area contributed by atoms with Crippen molar-refractivity contribution in [3.63, 3.8) is 0 Å². The van der Waals surface area contributed by atoms with E-state index in [0.29, 0.717) is 21.3 Å². The smallest absolute Gasteiger partial charge is 0.433 e. The third kappa shape index (κ3) is 3.11. The van der Waals surface area contributed by atoms with Crippen LogP contribution in [0.25, 0.3) is 0 Å².